The molecule has 136 valence electrons. The first-order chi connectivity index (χ1) is 11.8. The molecule has 4 nitrogen and oxygen atoms in total. The van der Waals surface area contributed by atoms with Gasteiger partial charge in [0.25, 0.3) is 0 Å². The molecule has 25 heavy (non-hydrogen) atoms. The zero-order valence-corrected chi connectivity index (χ0v) is 14.1. The molecule has 1 aromatic rings. The summed E-state index contributed by atoms with van der Waals surface area (Å²) in [7, 11) is 0. The van der Waals surface area contributed by atoms with Crippen molar-refractivity contribution in [2.45, 2.75) is 32.4 Å². The van der Waals surface area contributed by atoms with Gasteiger partial charge in [0.05, 0.1) is 29.7 Å². The van der Waals surface area contributed by atoms with Crippen molar-refractivity contribution >= 4 is 5.97 Å². The predicted molar refractivity (Wildman–Crippen MR) is 85.7 cm³/mol. The van der Waals surface area contributed by atoms with Crippen LogP contribution in [0.25, 0.3) is 0 Å². The molecular weight excluding hydrogens is 333 g/mol. The summed E-state index contributed by atoms with van der Waals surface area (Å²) < 4.78 is 44.5. The number of nitrogens with zero attached hydrogens (tertiary/aromatic N) is 2. The van der Waals surface area contributed by atoms with Crippen LogP contribution in [0.1, 0.15) is 36.5 Å². The summed E-state index contributed by atoms with van der Waals surface area (Å²) in [5, 5.41) is 8.80. The highest BCUT2D eigenvalue weighted by atomic mass is 19.4. The molecule has 0 N–H and O–H groups in total. The summed E-state index contributed by atoms with van der Waals surface area (Å²) in [5.74, 6) is -0.301. The molecule has 0 amide bonds. The van der Waals surface area contributed by atoms with E-state index in [9.17, 15) is 18.0 Å². The number of alkyl halides is 3. The second-order valence-electron chi connectivity index (χ2n) is 6.10. The Kier molecular flexibility index (Phi) is 6.43. The van der Waals surface area contributed by atoms with Crippen molar-refractivity contribution < 1.29 is 22.7 Å². The Morgan fingerprint density at radius 1 is 1.36 bits per heavy atom. The minimum Gasteiger partial charge on any atom is -0.466 e. The lowest BCUT2D eigenvalue weighted by Crippen LogP contribution is -2.38. The van der Waals surface area contributed by atoms with Crippen molar-refractivity contribution in [3.63, 3.8) is 0 Å². The minimum atomic E-state index is -4.47. The van der Waals surface area contributed by atoms with E-state index in [-0.39, 0.29) is 29.4 Å². The summed E-state index contributed by atoms with van der Waals surface area (Å²) in [5.41, 5.74) is -0.543. The van der Waals surface area contributed by atoms with Crippen molar-refractivity contribution in [2.75, 3.05) is 26.2 Å². The number of hydrogen-bond acceptors (Lipinski definition) is 4. The van der Waals surface area contributed by atoms with Gasteiger partial charge in [-0.3, -0.25) is 4.79 Å². The maximum Gasteiger partial charge on any atom is 0.416 e. The first-order valence-corrected chi connectivity index (χ1v) is 8.34. The fraction of sp³-hybridized carbons (Fsp3) is 0.556. The fourth-order valence-electron chi connectivity index (χ4n) is 3.06. The van der Waals surface area contributed by atoms with E-state index in [1.54, 1.807) is 13.0 Å². The molecule has 1 fully saturated rings. The smallest absolute Gasteiger partial charge is 0.416 e. The molecule has 0 unspecified atom stereocenters. The molecule has 0 aromatic heterocycles. The van der Waals surface area contributed by atoms with Crippen LogP contribution >= 0.6 is 0 Å². The molecule has 0 atom stereocenters. The number of rotatable bonds is 5. The highest BCUT2D eigenvalue weighted by molar-refractivity contribution is 5.72. The van der Waals surface area contributed by atoms with Gasteiger partial charge in [-0.25, -0.2) is 0 Å². The zero-order valence-electron chi connectivity index (χ0n) is 14.1. The van der Waals surface area contributed by atoms with E-state index in [0.717, 1.165) is 6.07 Å². The van der Waals surface area contributed by atoms with Crippen LogP contribution < -0.4 is 0 Å². The van der Waals surface area contributed by atoms with Gasteiger partial charge in [-0.15, -0.1) is 0 Å². The maximum absolute atomic E-state index is 13.2. The Bertz CT molecular complexity index is 645. The molecule has 1 heterocycles. The van der Waals surface area contributed by atoms with Crippen LogP contribution in [0.15, 0.2) is 18.2 Å². The number of carbonyl (C=O) groups excluding carboxylic acids is 1. The molecule has 0 aliphatic carbocycles. The lowest BCUT2D eigenvalue weighted by Gasteiger charge is -2.31. The van der Waals surface area contributed by atoms with Crippen molar-refractivity contribution in [1.29, 1.82) is 5.26 Å². The van der Waals surface area contributed by atoms with Gasteiger partial charge in [0.1, 0.15) is 0 Å². The van der Waals surface area contributed by atoms with E-state index >= 15 is 0 Å². The monoisotopic (exact) mass is 354 g/mol. The normalized spacial score (nSPS) is 16.4. The number of likely N-dealkylation sites (tertiary alicyclic amines) is 1. The van der Waals surface area contributed by atoms with Gasteiger partial charge in [0.2, 0.25) is 0 Å². The standard InChI is InChI=1S/C18H21F3N2O2/c1-2-25-17(24)15-6-9-23(10-7-15)8-5-14-4-3-13(12-22)11-16(14)18(19,20)21/h3-4,11,15H,2,5-10H2,1H3. The van der Waals surface area contributed by atoms with E-state index in [1.165, 1.54) is 12.1 Å². The first-order valence-electron chi connectivity index (χ1n) is 8.34. The SMILES string of the molecule is CCOC(=O)C1CCN(CCc2ccc(C#N)cc2C(F)(F)F)CC1. The molecule has 2 rings (SSSR count). The zero-order chi connectivity index (χ0) is 18.4. The van der Waals surface area contributed by atoms with Crippen LogP contribution in [0.4, 0.5) is 13.2 Å². The van der Waals surface area contributed by atoms with Gasteiger partial charge in [0.15, 0.2) is 0 Å². The molecule has 0 bridgehead atoms. The molecule has 1 aliphatic rings. The number of hydrogen-bond donors (Lipinski definition) is 0. The molecule has 0 saturated carbocycles. The highest BCUT2D eigenvalue weighted by Gasteiger charge is 2.34. The molecule has 0 spiro atoms. The van der Waals surface area contributed by atoms with Crippen LogP contribution in [-0.2, 0) is 22.1 Å². The van der Waals surface area contributed by atoms with Gasteiger partial charge in [-0.2, -0.15) is 18.4 Å². The van der Waals surface area contributed by atoms with Gasteiger partial charge in [-0.05, 0) is 57.0 Å². The van der Waals surface area contributed by atoms with E-state index < -0.39 is 11.7 Å². The third kappa shape index (κ3) is 5.20. The number of halogens is 3. The number of carbonyl (C=O) groups is 1. The lowest BCUT2D eigenvalue weighted by molar-refractivity contribution is -0.149. The Morgan fingerprint density at radius 2 is 2.04 bits per heavy atom. The Morgan fingerprint density at radius 3 is 2.60 bits per heavy atom. The van der Waals surface area contributed by atoms with Gasteiger partial charge in [0, 0.05) is 6.54 Å². The summed E-state index contributed by atoms with van der Waals surface area (Å²) in [6, 6.07) is 5.44. The van der Waals surface area contributed by atoms with Crippen LogP contribution in [0.3, 0.4) is 0 Å². The maximum atomic E-state index is 13.2. The lowest BCUT2D eigenvalue weighted by atomic mass is 9.96. The molecule has 1 aliphatic heterocycles. The third-order valence-corrected chi connectivity index (χ3v) is 4.45. The number of piperidine rings is 1. The highest BCUT2D eigenvalue weighted by Crippen LogP contribution is 2.33. The van der Waals surface area contributed by atoms with Crippen molar-refractivity contribution in [3.8, 4) is 6.07 Å². The summed E-state index contributed by atoms with van der Waals surface area (Å²) in [6.45, 7) is 3.95. The number of esters is 1. The third-order valence-electron chi connectivity index (χ3n) is 4.45. The fourth-order valence-corrected chi connectivity index (χ4v) is 3.06. The van der Waals surface area contributed by atoms with Crippen LogP contribution in [0, 0.1) is 17.2 Å². The molecular formula is C18H21F3N2O2. The number of ether oxygens (including phenoxy) is 1. The number of benzene rings is 1. The minimum absolute atomic E-state index is 0.00586. The van der Waals surface area contributed by atoms with Crippen LogP contribution in [0.5, 0.6) is 0 Å². The Labute approximate surface area is 145 Å². The second kappa shape index (κ2) is 8.34. The number of nitriles is 1. The summed E-state index contributed by atoms with van der Waals surface area (Å²) >= 11 is 0. The first kappa shape index (κ1) is 19.3. The summed E-state index contributed by atoms with van der Waals surface area (Å²) in [6.07, 6.45) is -2.89. The second-order valence-corrected chi connectivity index (χ2v) is 6.10. The molecule has 1 aromatic carbocycles. The average Bonchev–Trinajstić information content (AvgIpc) is 2.59. The van der Waals surface area contributed by atoms with E-state index in [1.807, 2.05) is 0 Å². The van der Waals surface area contributed by atoms with E-state index in [0.29, 0.717) is 39.1 Å². The van der Waals surface area contributed by atoms with Crippen molar-refractivity contribution in [1.82, 2.24) is 4.90 Å². The topological polar surface area (TPSA) is 53.3 Å². The molecule has 7 heteroatoms. The van der Waals surface area contributed by atoms with Gasteiger partial charge in [-0.1, -0.05) is 6.07 Å². The molecule has 1 saturated heterocycles. The van der Waals surface area contributed by atoms with Gasteiger partial charge >= 0.3 is 12.1 Å². The van der Waals surface area contributed by atoms with E-state index in [4.69, 9.17) is 10.00 Å². The largest absolute Gasteiger partial charge is 0.466 e. The summed E-state index contributed by atoms with van der Waals surface area (Å²) in [4.78, 5) is 13.8. The molecule has 0 radical (unpaired) electrons. The predicted octanol–water partition coefficient (Wildman–Crippen LogP) is 3.39. The Balaban J connectivity index is 1.95. The Hall–Kier alpha value is -2.07. The average molecular weight is 354 g/mol. The van der Waals surface area contributed by atoms with Crippen LogP contribution in [0.2, 0.25) is 0 Å². The van der Waals surface area contributed by atoms with Crippen molar-refractivity contribution in [3.05, 3.63) is 34.9 Å². The van der Waals surface area contributed by atoms with E-state index in [2.05, 4.69) is 4.90 Å². The van der Waals surface area contributed by atoms with Crippen LogP contribution in [-0.4, -0.2) is 37.1 Å². The quantitative estimate of drug-likeness (QED) is 0.761. The van der Waals surface area contributed by atoms with Crippen molar-refractivity contribution in [2.24, 2.45) is 5.92 Å². The van der Waals surface area contributed by atoms with Gasteiger partial charge < -0.3 is 9.64 Å².